The molecule has 3 heterocycles. The summed E-state index contributed by atoms with van der Waals surface area (Å²) in [6.07, 6.45) is 1.24. The third-order valence-corrected chi connectivity index (χ3v) is 5.30. The third-order valence-electron chi connectivity index (χ3n) is 4.30. The SMILES string of the molecule is CC(C)N1CC(C(=O)Nc2nc3c(s2)CN(C)CC3)CC1=O. The second-order valence-electron chi connectivity index (χ2n) is 6.41. The van der Waals surface area contributed by atoms with Crippen molar-refractivity contribution < 1.29 is 9.59 Å². The van der Waals surface area contributed by atoms with Crippen LogP contribution in [0.2, 0.25) is 0 Å². The molecule has 0 spiro atoms. The average molecular weight is 322 g/mol. The van der Waals surface area contributed by atoms with Crippen molar-refractivity contribution in [3.05, 3.63) is 10.6 Å². The lowest BCUT2D eigenvalue weighted by molar-refractivity contribution is -0.129. The van der Waals surface area contributed by atoms with E-state index in [1.807, 2.05) is 13.8 Å². The second-order valence-corrected chi connectivity index (χ2v) is 7.49. The normalized spacial score (nSPS) is 22.3. The summed E-state index contributed by atoms with van der Waals surface area (Å²) >= 11 is 1.55. The Bertz CT molecular complexity index is 598. The molecular formula is C15H22N4O2S. The minimum atomic E-state index is -0.265. The predicted octanol–water partition coefficient (Wildman–Crippen LogP) is 1.33. The maximum atomic E-state index is 12.4. The molecule has 2 amide bonds. The molecular weight excluding hydrogens is 300 g/mol. The van der Waals surface area contributed by atoms with Crippen LogP contribution in [-0.4, -0.2) is 52.8 Å². The smallest absolute Gasteiger partial charge is 0.231 e. The van der Waals surface area contributed by atoms with E-state index in [2.05, 4.69) is 22.2 Å². The molecule has 1 N–H and O–H groups in total. The fraction of sp³-hybridized carbons (Fsp3) is 0.667. The van der Waals surface area contributed by atoms with Gasteiger partial charge >= 0.3 is 0 Å². The highest BCUT2D eigenvalue weighted by Gasteiger charge is 2.35. The Morgan fingerprint density at radius 2 is 2.23 bits per heavy atom. The van der Waals surface area contributed by atoms with Crippen molar-refractivity contribution >= 4 is 28.3 Å². The van der Waals surface area contributed by atoms with Gasteiger partial charge in [-0.3, -0.25) is 9.59 Å². The Hall–Kier alpha value is -1.47. The molecule has 2 aliphatic rings. The molecule has 3 rings (SSSR count). The van der Waals surface area contributed by atoms with Gasteiger partial charge in [-0.25, -0.2) is 4.98 Å². The number of aromatic nitrogens is 1. The van der Waals surface area contributed by atoms with Gasteiger partial charge in [-0.05, 0) is 20.9 Å². The molecule has 0 bridgehead atoms. The monoisotopic (exact) mass is 322 g/mol. The molecule has 1 unspecified atom stereocenters. The molecule has 1 aromatic rings. The summed E-state index contributed by atoms with van der Waals surface area (Å²) in [6.45, 7) is 6.36. The summed E-state index contributed by atoms with van der Waals surface area (Å²) < 4.78 is 0. The summed E-state index contributed by atoms with van der Waals surface area (Å²) in [7, 11) is 2.09. The molecule has 6 nitrogen and oxygen atoms in total. The molecule has 7 heteroatoms. The Morgan fingerprint density at radius 3 is 2.91 bits per heavy atom. The van der Waals surface area contributed by atoms with Crippen LogP contribution in [0.1, 0.15) is 30.8 Å². The standard InChI is InChI=1S/C15H22N4O2S/c1-9(2)19-7-10(6-13(19)20)14(21)17-15-16-11-4-5-18(3)8-12(11)22-15/h9-10H,4-8H2,1-3H3,(H,16,17,21). The van der Waals surface area contributed by atoms with E-state index in [1.54, 1.807) is 16.2 Å². The van der Waals surface area contributed by atoms with E-state index >= 15 is 0 Å². The van der Waals surface area contributed by atoms with Crippen molar-refractivity contribution in [1.29, 1.82) is 0 Å². The van der Waals surface area contributed by atoms with Crippen molar-refractivity contribution in [2.75, 3.05) is 25.5 Å². The van der Waals surface area contributed by atoms with Crippen molar-refractivity contribution in [1.82, 2.24) is 14.8 Å². The number of anilines is 1. The molecule has 0 saturated carbocycles. The zero-order chi connectivity index (χ0) is 15.9. The number of nitrogens with zero attached hydrogens (tertiary/aromatic N) is 3. The number of amides is 2. The van der Waals surface area contributed by atoms with Crippen molar-refractivity contribution in [3.63, 3.8) is 0 Å². The van der Waals surface area contributed by atoms with Crippen LogP contribution in [0, 0.1) is 5.92 Å². The van der Waals surface area contributed by atoms with E-state index < -0.39 is 0 Å². The van der Waals surface area contributed by atoms with Gasteiger partial charge in [0.1, 0.15) is 0 Å². The minimum absolute atomic E-state index is 0.0650. The molecule has 1 atom stereocenters. The number of thiazole rings is 1. The van der Waals surface area contributed by atoms with Crippen molar-refractivity contribution in [3.8, 4) is 0 Å². The first-order valence-electron chi connectivity index (χ1n) is 7.71. The predicted molar refractivity (Wildman–Crippen MR) is 85.7 cm³/mol. The maximum Gasteiger partial charge on any atom is 0.231 e. The molecule has 0 aliphatic carbocycles. The van der Waals surface area contributed by atoms with Crippen LogP contribution in [0.5, 0.6) is 0 Å². The fourth-order valence-electron chi connectivity index (χ4n) is 2.99. The first-order valence-corrected chi connectivity index (χ1v) is 8.53. The topological polar surface area (TPSA) is 65.5 Å². The molecule has 0 radical (unpaired) electrons. The number of fused-ring (bicyclic) bond motifs is 1. The van der Waals surface area contributed by atoms with Crippen LogP contribution in [0.4, 0.5) is 5.13 Å². The van der Waals surface area contributed by atoms with Crippen LogP contribution in [0.3, 0.4) is 0 Å². The van der Waals surface area contributed by atoms with Gasteiger partial charge in [-0.1, -0.05) is 0 Å². The number of nitrogens with one attached hydrogen (secondary N) is 1. The maximum absolute atomic E-state index is 12.4. The molecule has 0 aromatic carbocycles. The third kappa shape index (κ3) is 3.01. The first-order chi connectivity index (χ1) is 10.4. The second kappa shape index (κ2) is 5.96. The van der Waals surface area contributed by atoms with E-state index in [9.17, 15) is 9.59 Å². The Labute approximate surface area is 134 Å². The highest BCUT2D eigenvalue weighted by Crippen LogP contribution is 2.29. The van der Waals surface area contributed by atoms with Crippen LogP contribution < -0.4 is 5.32 Å². The van der Waals surface area contributed by atoms with E-state index in [4.69, 9.17) is 0 Å². The van der Waals surface area contributed by atoms with Gasteiger partial charge in [0.25, 0.3) is 0 Å². The molecule has 1 fully saturated rings. The molecule has 120 valence electrons. The number of rotatable bonds is 3. The number of carbonyl (C=O) groups is 2. The molecule has 1 saturated heterocycles. The highest BCUT2D eigenvalue weighted by molar-refractivity contribution is 7.15. The lowest BCUT2D eigenvalue weighted by atomic mass is 10.1. The van der Waals surface area contributed by atoms with Gasteiger partial charge in [0.05, 0.1) is 11.6 Å². The quantitative estimate of drug-likeness (QED) is 0.912. The van der Waals surface area contributed by atoms with Crippen molar-refractivity contribution in [2.45, 2.75) is 39.3 Å². The van der Waals surface area contributed by atoms with Gasteiger partial charge in [-0.2, -0.15) is 0 Å². The van der Waals surface area contributed by atoms with Gasteiger partial charge < -0.3 is 15.1 Å². The number of hydrogen-bond acceptors (Lipinski definition) is 5. The lowest BCUT2D eigenvalue weighted by Crippen LogP contribution is -2.33. The van der Waals surface area contributed by atoms with Gasteiger partial charge in [0.2, 0.25) is 11.8 Å². The van der Waals surface area contributed by atoms with Crippen molar-refractivity contribution in [2.24, 2.45) is 5.92 Å². The number of likely N-dealkylation sites (N-methyl/N-ethyl adjacent to an activating group) is 1. The number of likely N-dealkylation sites (tertiary alicyclic amines) is 1. The first kappa shape index (κ1) is 15.4. The molecule has 22 heavy (non-hydrogen) atoms. The van der Waals surface area contributed by atoms with E-state index in [0.29, 0.717) is 18.1 Å². The summed E-state index contributed by atoms with van der Waals surface area (Å²) in [5.74, 6) is -0.287. The zero-order valence-corrected chi connectivity index (χ0v) is 14.1. The Balaban J connectivity index is 1.64. The molecule has 2 aliphatic heterocycles. The van der Waals surface area contributed by atoms with E-state index in [0.717, 1.165) is 25.2 Å². The summed E-state index contributed by atoms with van der Waals surface area (Å²) in [5.41, 5.74) is 1.10. The minimum Gasteiger partial charge on any atom is -0.339 e. The highest BCUT2D eigenvalue weighted by atomic mass is 32.1. The van der Waals surface area contributed by atoms with Crippen LogP contribution in [-0.2, 0) is 22.6 Å². The van der Waals surface area contributed by atoms with Gasteiger partial charge in [-0.15, -0.1) is 11.3 Å². The van der Waals surface area contributed by atoms with Crippen LogP contribution in [0.25, 0.3) is 0 Å². The van der Waals surface area contributed by atoms with Gasteiger partial charge in [0, 0.05) is 43.4 Å². The largest absolute Gasteiger partial charge is 0.339 e. The number of carbonyl (C=O) groups excluding carboxylic acids is 2. The van der Waals surface area contributed by atoms with Crippen LogP contribution >= 0.6 is 11.3 Å². The Morgan fingerprint density at radius 1 is 1.45 bits per heavy atom. The van der Waals surface area contributed by atoms with E-state index in [-0.39, 0.29) is 23.8 Å². The number of hydrogen-bond donors (Lipinski definition) is 1. The van der Waals surface area contributed by atoms with E-state index in [1.165, 1.54) is 4.88 Å². The molecule has 1 aromatic heterocycles. The average Bonchev–Trinajstić information content (AvgIpc) is 3.01. The fourth-order valence-corrected chi connectivity index (χ4v) is 4.08. The summed E-state index contributed by atoms with van der Waals surface area (Å²) in [4.78, 5) is 34.1. The van der Waals surface area contributed by atoms with Crippen LogP contribution in [0.15, 0.2) is 0 Å². The summed E-state index contributed by atoms with van der Waals surface area (Å²) in [5, 5.41) is 3.57. The lowest BCUT2D eigenvalue weighted by Gasteiger charge is -2.20. The van der Waals surface area contributed by atoms with Gasteiger partial charge in [0.15, 0.2) is 5.13 Å². The summed E-state index contributed by atoms with van der Waals surface area (Å²) in [6, 6.07) is 0.146. The Kier molecular flexibility index (Phi) is 4.18. The zero-order valence-electron chi connectivity index (χ0n) is 13.3.